The van der Waals surface area contributed by atoms with Crippen LogP contribution in [0.1, 0.15) is 30.6 Å². The zero-order chi connectivity index (χ0) is 11.9. The zero-order valence-corrected chi connectivity index (χ0v) is 11.8. The maximum absolute atomic E-state index is 10.7. The van der Waals surface area contributed by atoms with Gasteiger partial charge in [0, 0.05) is 17.3 Å². The lowest BCUT2D eigenvalue weighted by atomic mass is 9.80. The van der Waals surface area contributed by atoms with Crippen molar-refractivity contribution in [1.29, 1.82) is 0 Å². The average Bonchev–Trinajstić information content (AvgIpc) is 2.94. The van der Waals surface area contributed by atoms with Crippen LogP contribution in [-0.2, 0) is 15.1 Å². The molecule has 0 atom stereocenters. The maximum atomic E-state index is 10.7. The minimum absolute atomic E-state index is 0.407. The molecular formula is C12H15BrO3S. The Morgan fingerprint density at radius 1 is 1.18 bits per heavy atom. The number of thiophene rings is 1. The van der Waals surface area contributed by atoms with Crippen LogP contribution in [0.25, 0.3) is 0 Å². The number of rotatable bonds is 1. The molecule has 5 heteroatoms. The van der Waals surface area contributed by atoms with E-state index < -0.39 is 11.4 Å². The summed E-state index contributed by atoms with van der Waals surface area (Å²) in [6, 6.07) is 1.99. The van der Waals surface area contributed by atoms with E-state index in [-0.39, 0.29) is 0 Å². The summed E-state index contributed by atoms with van der Waals surface area (Å²) in [6.45, 7) is 1.36. The number of aliphatic hydroxyl groups is 1. The molecule has 1 aromatic heterocycles. The van der Waals surface area contributed by atoms with Crippen LogP contribution < -0.4 is 0 Å². The number of halogens is 1. The van der Waals surface area contributed by atoms with Crippen molar-refractivity contribution in [2.24, 2.45) is 0 Å². The van der Waals surface area contributed by atoms with E-state index in [1.54, 1.807) is 11.3 Å². The van der Waals surface area contributed by atoms with Gasteiger partial charge in [0.15, 0.2) is 5.79 Å². The molecule has 17 heavy (non-hydrogen) atoms. The van der Waals surface area contributed by atoms with Crippen LogP contribution in [0, 0.1) is 0 Å². The molecule has 0 radical (unpaired) electrons. The van der Waals surface area contributed by atoms with E-state index in [4.69, 9.17) is 9.47 Å². The summed E-state index contributed by atoms with van der Waals surface area (Å²) >= 11 is 5.11. The SMILES string of the molecule is OC1(c2sccc2Br)CCC2(CC1)OCCO2. The minimum atomic E-state index is -0.715. The average molecular weight is 319 g/mol. The van der Waals surface area contributed by atoms with E-state index >= 15 is 0 Å². The Hall–Kier alpha value is 0.0600. The Labute approximate surface area is 113 Å². The lowest BCUT2D eigenvalue weighted by Gasteiger charge is -2.40. The van der Waals surface area contributed by atoms with Crippen LogP contribution >= 0.6 is 27.3 Å². The van der Waals surface area contributed by atoms with Gasteiger partial charge in [0.25, 0.3) is 0 Å². The van der Waals surface area contributed by atoms with Gasteiger partial charge in [0.1, 0.15) is 5.60 Å². The fourth-order valence-corrected chi connectivity index (χ4v) is 4.58. The molecule has 1 aliphatic heterocycles. The number of hydrogen-bond acceptors (Lipinski definition) is 4. The Kier molecular flexibility index (Phi) is 3.07. The normalized spacial score (nSPS) is 26.5. The molecule has 2 heterocycles. The van der Waals surface area contributed by atoms with Gasteiger partial charge >= 0.3 is 0 Å². The van der Waals surface area contributed by atoms with Crippen LogP contribution in [0.15, 0.2) is 15.9 Å². The number of ether oxygens (including phenoxy) is 2. The molecule has 0 bridgehead atoms. The first-order valence-corrected chi connectivity index (χ1v) is 7.55. The van der Waals surface area contributed by atoms with Gasteiger partial charge in [-0.1, -0.05) is 0 Å². The molecule has 1 aromatic rings. The van der Waals surface area contributed by atoms with Crippen LogP contribution in [0.3, 0.4) is 0 Å². The highest BCUT2D eigenvalue weighted by Gasteiger charge is 2.47. The van der Waals surface area contributed by atoms with Crippen molar-refractivity contribution in [3.8, 4) is 0 Å². The second kappa shape index (κ2) is 4.31. The minimum Gasteiger partial charge on any atom is -0.384 e. The molecule has 1 spiro atoms. The van der Waals surface area contributed by atoms with Gasteiger partial charge in [0.2, 0.25) is 0 Å². The largest absolute Gasteiger partial charge is 0.384 e. The molecule has 0 aromatic carbocycles. The van der Waals surface area contributed by atoms with Crippen molar-refractivity contribution in [3.05, 3.63) is 20.8 Å². The fourth-order valence-electron chi connectivity index (χ4n) is 2.68. The molecule has 0 unspecified atom stereocenters. The zero-order valence-electron chi connectivity index (χ0n) is 9.45. The van der Waals surface area contributed by atoms with Crippen LogP contribution in [0.4, 0.5) is 0 Å². The van der Waals surface area contributed by atoms with Gasteiger partial charge in [-0.25, -0.2) is 0 Å². The predicted octanol–water partition coefficient (Wildman–Crippen LogP) is 3.02. The smallest absolute Gasteiger partial charge is 0.168 e. The fraction of sp³-hybridized carbons (Fsp3) is 0.667. The molecule has 2 aliphatic rings. The summed E-state index contributed by atoms with van der Waals surface area (Å²) in [5, 5.41) is 12.7. The van der Waals surface area contributed by atoms with E-state index in [1.165, 1.54) is 0 Å². The molecule has 3 rings (SSSR count). The standard InChI is InChI=1S/C12H15BrO3S/c13-9-1-8-17-10(9)11(14)2-4-12(5-3-11)15-6-7-16-12/h1,8,14H,2-7H2. The van der Waals surface area contributed by atoms with E-state index in [2.05, 4.69) is 15.9 Å². The molecule has 1 saturated heterocycles. The molecule has 1 N–H and O–H groups in total. The summed E-state index contributed by atoms with van der Waals surface area (Å²) in [7, 11) is 0. The van der Waals surface area contributed by atoms with E-state index in [9.17, 15) is 5.11 Å². The molecule has 1 aliphatic carbocycles. The first kappa shape index (κ1) is 12.1. The Morgan fingerprint density at radius 2 is 1.82 bits per heavy atom. The summed E-state index contributed by atoms with van der Waals surface area (Å²) in [4.78, 5) is 1.03. The molecule has 3 nitrogen and oxygen atoms in total. The van der Waals surface area contributed by atoms with Crippen LogP contribution in [0.2, 0.25) is 0 Å². The van der Waals surface area contributed by atoms with Gasteiger partial charge in [-0.15, -0.1) is 11.3 Å². The third kappa shape index (κ3) is 2.08. The lowest BCUT2D eigenvalue weighted by molar-refractivity contribution is -0.203. The first-order chi connectivity index (χ1) is 8.14. The highest BCUT2D eigenvalue weighted by molar-refractivity contribution is 9.10. The van der Waals surface area contributed by atoms with Gasteiger partial charge in [-0.3, -0.25) is 0 Å². The Balaban J connectivity index is 1.77. The summed E-state index contributed by atoms with van der Waals surface area (Å²) in [5.41, 5.74) is -0.715. The Bertz CT molecular complexity index is 402. The van der Waals surface area contributed by atoms with Gasteiger partial charge < -0.3 is 14.6 Å². The highest BCUT2D eigenvalue weighted by Crippen LogP contribution is 2.47. The summed E-state index contributed by atoms with van der Waals surface area (Å²) in [5.74, 6) is -0.407. The third-order valence-electron chi connectivity index (χ3n) is 3.69. The molecule has 0 amide bonds. The molecule has 1 saturated carbocycles. The van der Waals surface area contributed by atoms with E-state index in [0.717, 1.165) is 22.2 Å². The van der Waals surface area contributed by atoms with Crippen molar-refractivity contribution >= 4 is 27.3 Å². The lowest BCUT2D eigenvalue weighted by Crippen LogP contribution is -2.41. The van der Waals surface area contributed by atoms with Crippen LogP contribution in [-0.4, -0.2) is 24.1 Å². The monoisotopic (exact) mass is 318 g/mol. The van der Waals surface area contributed by atoms with Crippen molar-refractivity contribution in [2.75, 3.05) is 13.2 Å². The first-order valence-electron chi connectivity index (χ1n) is 5.87. The predicted molar refractivity (Wildman–Crippen MR) is 69.0 cm³/mol. The van der Waals surface area contributed by atoms with Gasteiger partial charge in [-0.05, 0) is 40.2 Å². The summed E-state index contributed by atoms with van der Waals surface area (Å²) < 4.78 is 12.4. The highest BCUT2D eigenvalue weighted by atomic mass is 79.9. The van der Waals surface area contributed by atoms with Crippen molar-refractivity contribution in [1.82, 2.24) is 0 Å². The van der Waals surface area contributed by atoms with Crippen molar-refractivity contribution < 1.29 is 14.6 Å². The topological polar surface area (TPSA) is 38.7 Å². The maximum Gasteiger partial charge on any atom is 0.168 e. The molecule has 2 fully saturated rings. The Morgan fingerprint density at radius 3 is 2.35 bits per heavy atom. The quantitative estimate of drug-likeness (QED) is 0.865. The molecule has 94 valence electrons. The molecular weight excluding hydrogens is 304 g/mol. The second-order valence-electron chi connectivity index (χ2n) is 4.74. The van der Waals surface area contributed by atoms with Crippen LogP contribution in [0.5, 0.6) is 0 Å². The van der Waals surface area contributed by atoms with E-state index in [1.807, 2.05) is 11.4 Å². The van der Waals surface area contributed by atoms with Crippen molar-refractivity contribution in [3.63, 3.8) is 0 Å². The third-order valence-corrected chi connectivity index (χ3v) is 5.72. The van der Waals surface area contributed by atoms with E-state index in [0.29, 0.717) is 26.1 Å². The summed E-state index contributed by atoms with van der Waals surface area (Å²) in [6.07, 6.45) is 2.94. The van der Waals surface area contributed by atoms with Gasteiger partial charge in [-0.2, -0.15) is 0 Å². The van der Waals surface area contributed by atoms with Crippen molar-refractivity contribution in [2.45, 2.75) is 37.1 Å². The van der Waals surface area contributed by atoms with Gasteiger partial charge in [0.05, 0.1) is 18.1 Å². The number of hydrogen-bond donors (Lipinski definition) is 1. The second-order valence-corrected chi connectivity index (χ2v) is 6.51.